The molecule has 1 aliphatic rings. The van der Waals surface area contributed by atoms with E-state index in [9.17, 15) is 4.79 Å². The van der Waals surface area contributed by atoms with Gasteiger partial charge in [-0.2, -0.15) is 0 Å². The molecule has 1 N–H and O–H groups in total. The first-order chi connectivity index (χ1) is 9.16. The van der Waals surface area contributed by atoms with E-state index in [1.165, 1.54) is 12.8 Å². The lowest BCUT2D eigenvalue weighted by Gasteiger charge is -2.29. The Morgan fingerprint density at radius 3 is 3.11 bits per heavy atom. The lowest BCUT2D eigenvalue weighted by molar-refractivity contribution is -0.131. The topological polar surface area (TPSA) is 45.5 Å². The van der Waals surface area contributed by atoms with Crippen LogP contribution in [0.25, 0.3) is 0 Å². The highest BCUT2D eigenvalue weighted by molar-refractivity contribution is 5.76. The summed E-state index contributed by atoms with van der Waals surface area (Å²) in [5.41, 5.74) is 1.04. The molecule has 1 aromatic heterocycles. The summed E-state index contributed by atoms with van der Waals surface area (Å²) >= 11 is 0. The summed E-state index contributed by atoms with van der Waals surface area (Å²) in [6.45, 7) is 5.00. The largest absolute Gasteiger partial charge is 0.472 e. The van der Waals surface area contributed by atoms with E-state index in [2.05, 4.69) is 12.2 Å². The van der Waals surface area contributed by atoms with Gasteiger partial charge in [0.25, 0.3) is 0 Å². The Bertz CT molecular complexity index is 383. The highest BCUT2D eigenvalue weighted by atomic mass is 16.3. The molecule has 1 saturated heterocycles. The van der Waals surface area contributed by atoms with E-state index in [0.717, 1.165) is 18.7 Å². The number of nitrogens with zero attached hydrogens (tertiary/aromatic N) is 1. The van der Waals surface area contributed by atoms with Crippen molar-refractivity contribution in [2.45, 2.75) is 32.7 Å². The molecule has 1 amide bonds. The third kappa shape index (κ3) is 4.10. The van der Waals surface area contributed by atoms with Crippen molar-refractivity contribution in [3.63, 3.8) is 0 Å². The molecular weight excluding hydrogens is 240 g/mol. The van der Waals surface area contributed by atoms with Crippen LogP contribution in [0.1, 0.15) is 31.7 Å². The van der Waals surface area contributed by atoms with Crippen molar-refractivity contribution in [3.8, 4) is 0 Å². The van der Waals surface area contributed by atoms with Crippen molar-refractivity contribution in [2.75, 3.05) is 20.1 Å². The van der Waals surface area contributed by atoms with Crippen LogP contribution in [0.2, 0.25) is 0 Å². The molecule has 4 nitrogen and oxygen atoms in total. The maximum atomic E-state index is 12.2. The van der Waals surface area contributed by atoms with Gasteiger partial charge >= 0.3 is 0 Å². The Labute approximate surface area is 115 Å². The third-order valence-corrected chi connectivity index (χ3v) is 4.06. The average molecular weight is 264 g/mol. The number of rotatable bonds is 5. The van der Waals surface area contributed by atoms with Crippen LogP contribution in [0, 0.1) is 11.8 Å². The minimum absolute atomic E-state index is 0.222. The quantitative estimate of drug-likeness (QED) is 0.887. The van der Waals surface area contributed by atoms with E-state index in [0.29, 0.717) is 24.8 Å². The summed E-state index contributed by atoms with van der Waals surface area (Å²) in [7, 11) is 1.86. The number of hydrogen-bond acceptors (Lipinski definition) is 3. The second kappa shape index (κ2) is 6.75. The van der Waals surface area contributed by atoms with Gasteiger partial charge in [0.2, 0.25) is 5.91 Å². The van der Waals surface area contributed by atoms with E-state index in [1.54, 1.807) is 17.4 Å². The molecule has 2 unspecified atom stereocenters. The van der Waals surface area contributed by atoms with Crippen LogP contribution in [0.5, 0.6) is 0 Å². The minimum atomic E-state index is 0.222. The summed E-state index contributed by atoms with van der Waals surface area (Å²) in [5, 5.41) is 3.42. The molecule has 1 aliphatic heterocycles. The predicted octanol–water partition coefficient (Wildman–Crippen LogP) is 2.26. The van der Waals surface area contributed by atoms with Crippen LogP contribution < -0.4 is 5.32 Å². The Hall–Kier alpha value is -1.29. The number of amides is 1. The smallest absolute Gasteiger partial charge is 0.222 e. The van der Waals surface area contributed by atoms with Crippen molar-refractivity contribution >= 4 is 5.91 Å². The van der Waals surface area contributed by atoms with Crippen molar-refractivity contribution in [1.82, 2.24) is 10.2 Å². The zero-order valence-electron chi connectivity index (χ0n) is 11.9. The van der Waals surface area contributed by atoms with Crippen LogP contribution in [-0.4, -0.2) is 30.9 Å². The SMILES string of the molecule is CC(CC(=O)N(C)Cc1ccoc1)C1CCCNC1. The van der Waals surface area contributed by atoms with Gasteiger partial charge in [-0.1, -0.05) is 6.92 Å². The first-order valence-corrected chi connectivity index (χ1v) is 7.12. The number of carbonyl (C=O) groups excluding carboxylic acids is 1. The Kier molecular flexibility index (Phi) is 5.02. The fraction of sp³-hybridized carbons (Fsp3) is 0.667. The van der Waals surface area contributed by atoms with Gasteiger partial charge in [0, 0.05) is 25.6 Å². The molecule has 19 heavy (non-hydrogen) atoms. The summed E-state index contributed by atoms with van der Waals surface area (Å²) < 4.78 is 5.03. The van der Waals surface area contributed by atoms with Gasteiger partial charge in [0.05, 0.1) is 12.5 Å². The highest BCUT2D eigenvalue weighted by Crippen LogP contribution is 2.23. The zero-order valence-corrected chi connectivity index (χ0v) is 11.9. The van der Waals surface area contributed by atoms with Crippen molar-refractivity contribution < 1.29 is 9.21 Å². The predicted molar refractivity (Wildman–Crippen MR) is 74.6 cm³/mol. The molecule has 4 heteroatoms. The molecule has 0 aliphatic carbocycles. The van der Waals surface area contributed by atoms with E-state index in [-0.39, 0.29) is 5.91 Å². The summed E-state index contributed by atoms with van der Waals surface area (Å²) in [4.78, 5) is 14.0. The minimum Gasteiger partial charge on any atom is -0.472 e. The molecule has 0 saturated carbocycles. The van der Waals surface area contributed by atoms with E-state index in [4.69, 9.17) is 4.42 Å². The van der Waals surface area contributed by atoms with Gasteiger partial charge in [-0.05, 0) is 43.8 Å². The third-order valence-electron chi connectivity index (χ3n) is 4.06. The van der Waals surface area contributed by atoms with E-state index >= 15 is 0 Å². The van der Waals surface area contributed by atoms with Crippen LogP contribution in [0.15, 0.2) is 23.0 Å². The molecule has 1 fully saturated rings. The van der Waals surface area contributed by atoms with Gasteiger partial charge in [-0.25, -0.2) is 0 Å². The average Bonchev–Trinajstić information content (AvgIpc) is 2.92. The van der Waals surface area contributed by atoms with Crippen LogP contribution in [0.4, 0.5) is 0 Å². The molecule has 106 valence electrons. The number of hydrogen-bond donors (Lipinski definition) is 1. The van der Waals surface area contributed by atoms with Crippen LogP contribution >= 0.6 is 0 Å². The standard InChI is InChI=1S/C15H24N2O2/c1-12(14-4-3-6-16-9-14)8-15(18)17(2)10-13-5-7-19-11-13/h5,7,11-12,14,16H,3-4,6,8-10H2,1-2H3. The van der Waals surface area contributed by atoms with Gasteiger partial charge in [-0.3, -0.25) is 4.79 Å². The monoisotopic (exact) mass is 264 g/mol. The first kappa shape index (κ1) is 14.1. The number of furan rings is 1. The number of carbonyl (C=O) groups is 1. The number of nitrogens with one attached hydrogen (secondary N) is 1. The lowest BCUT2D eigenvalue weighted by atomic mass is 9.85. The Balaban J connectivity index is 1.79. The van der Waals surface area contributed by atoms with E-state index < -0.39 is 0 Å². The fourth-order valence-electron chi connectivity index (χ4n) is 2.71. The Morgan fingerprint density at radius 2 is 2.47 bits per heavy atom. The fourth-order valence-corrected chi connectivity index (χ4v) is 2.71. The summed E-state index contributed by atoms with van der Waals surface area (Å²) in [6.07, 6.45) is 6.45. The summed E-state index contributed by atoms with van der Waals surface area (Å²) in [5.74, 6) is 1.31. The second-order valence-electron chi connectivity index (χ2n) is 5.67. The maximum Gasteiger partial charge on any atom is 0.222 e. The molecule has 0 spiro atoms. The molecule has 0 radical (unpaired) electrons. The van der Waals surface area contributed by atoms with Gasteiger partial charge < -0.3 is 14.6 Å². The Morgan fingerprint density at radius 1 is 1.63 bits per heavy atom. The van der Waals surface area contributed by atoms with Crippen molar-refractivity contribution in [3.05, 3.63) is 24.2 Å². The second-order valence-corrected chi connectivity index (χ2v) is 5.67. The molecule has 1 aromatic rings. The molecule has 2 heterocycles. The highest BCUT2D eigenvalue weighted by Gasteiger charge is 2.23. The normalized spacial score (nSPS) is 21.1. The van der Waals surface area contributed by atoms with Crippen molar-refractivity contribution in [1.29, 1.82) is 0 Å². The van der Waals surface area contributed by atoms with Crippen molar-refractivity contribution in [2.24, 2.45) is 11.8 Å². The van der Waals surface area contributed by atoms with Gasteiger partial charge in [0.1, 0.15) is 0 Å². The number of piperidine rings is 1. The zero-order chi connectivity index (χ0) is 13.7. The lowest BCUT2D eigenvalue weighted by Crippen LogP contribution is -2.36. The van der Waals surface area contributed by atoms with Crippen LogP contribution in [0.3, 0.4) is 0 Å². The van der Waals surface area contributed by atoms with E-state index in [1.807, 2.05) is 13.1 Å². The maximum absolute atomic E-state index is 12.2. The molecule has 2 rings (SSSR count). The molecule has 0 aromatic carbocycles. The van der Waals surface area contributed by atoms with Gasteiger partial charge in [-0.15, -0.1) is 0 Å². The summed E-state index contributed by atoms with van der Waals surface area (Å²) in [6, 6.07) is 1.90. The van der Waals surface area contributed by atoms with Crippen LogP contribution in [-0.2, 0) is 11.3 Å². The molecule has 0 bridgehead atoms. The molecule has 2 atom stereocenters. The van der Waals surface area contributed by atoms with Gasteiger partial charge in [0.15, 0.2) is 0 Å². The first-order valence-electron chi connectivity index (χ1n) is 7.12. The molecular formula is C15H24N2O2.